The Kier molecular flexibility index (Phi) is 4.07. The van der Waals surface area contributed by atoms with Crippen LogP contribution in [0.4, 0.5) is 0 Å². The molecular weight excluding hydrogens is 146 g/mol. The Morgan fingerprint density at radius 2 is 1.75 bits per heavy atom. The molecular formula is C11H23N. The highest BCUT2D eigenvalue weighted by Gasteiger charge is 2.17. The van der Waals surface area contributed by atoms with Gasteiger partial charge in [0.25, 0.3) is 0 Å². The first-order chi connectivity index (χ1) is 5.72. The van der Waals surface area contributed by atoms with Gasteiger partial charge in [-0.3, -0.25) is 4.90 Å². The molecule has 0 saturated carbocycles. The zero-order valence-electron chi connectivity index (χ0n) is 8.84. The average Bonchev–Trinajstić information content (AvgIpc) is 1.96. The topological polar surface area (TPSA) is 3.24 Å². The highest BCUT2D eigenvalue weighted by Crippen LogP contribution is 2.17. The van der Waals surface area contributed by atoms with E-state index in [1.807, 2.05) is 0 Å². The lowest BCUT2D eigenvalue weighted by molar-refractivity contribution is 0.141. The molecule has 1 aliphatic heterocycles. The Hall–Kier alpha value is -0.0400. The van der Waals surface area contributed by atoms with E-state index in [1.54, 1.807) is 0 Å². The van der Waals surface area contributed by atoms with Crippen molar-refractivity contribution in [2.45, 2.75) is 65.0 Å². The molecule has 0 aromatic heterocycles. The number of likely N-dealkylation sites (tertiary alicyclic amines) is 1. The summed E-state index contributed by atoms with van der Waals surface area (Å²) in [5.74, 6) is 0. The first kappa shape index (κ1) is 10.0. The molecule has 0 radical (unpaired) electrons. The smallest absolute Gasteiger partial charge is 0.00696 e. The predicted molar refractivity (Wildman–Crippen MR) is 54.4 cm³/mol. The van der Waals surface area contributed by atoms with Gasteiger partial charge in [0.15, 0.2) is 0 Å². The maximum absolute atomic E-state index is 2.65. The Balaban J connectivity index is 2.43. The number of nitrogens with zero attached hydrogens (tertiary/aromatic N) is 1. The van der Waals surface area contributed by atoms with Crippen LogP contribution in [0.15, 0.2) is 0 Å². The third-order valence-electron chi connectivity index (χ3n) is 3.02. The van der Waals surface area contributed by atoms with Gasteiger partial charge >= 0.3 is 0 Å². The fourth-order valence-electron chi connectivity index (χ4n) is 2.24. The van der Waals surface area contributed by atoms with Crippen LogP contribution in [0.2, 0.25) is 0 Å². The molecule has 0 N–H and O–H groups in total. The van der Waals surface area contributed by atoms with Crippen molar-refractivity contribution in [3.8, 4) is 0 Å². The molecule has 1 atom stereocenters. The molecule has 1 aliphatic rings. The van der Waals surface area contributed by atoms with Crippen molar-refractivity contribution >= 4 is 0 Å². The first-order valence-corrected chi connectivity index (χ1v) is 5.47. The van der Waals surface area contributed by atoms with Crippen molar-refractivity contribution in [1.29, 1.82) is 0 Å². The van der Waals surface area contributed by atoms with E-state index in [0.717, 1.165) is 12.1 Å². The lowest BCUT2D eigenvalue weighted by Gasteiger charge is -2.34. The van der Waals surface area contributed by atoms with Crippen molar-refractivity contribution in [3.63, 3.8) is 0 Å². The molecule has 72 valence electrons. The summed E-state index contributed by atoms with van der Waals surface area (Å²) in [6.45, 7) is 8.33. The van der Waals surface area contributed by atoms with Crippen LogP contribution >= 0.6 is 0 Å². The standard InChI is InChI=1S/C11H23N/c1-10(2)12-9-7-5-4-6-8-11(12)3/h10-11H,4-9H2,1-3H3. The summed E-state index contributed by atoms with van der Waals surface area (Å²) in [5, 5.41) is 0. The summed E-state index contributed by atoms with van der Waals surface area (Å²) < 4.78 is 0. The van der Waals surface area contributed by atoms with Gasteiger partial charge in [-0.15, -0.1) is 0 Å². The number of rotatable bonds is 1. The van der Waals surface area contributed by atoms with E-state index in [-0.39, 0.29) is 0 Å². The van der Waals surface area contributed by atoms with Crippen LogP contribution in [0.3, 0.4) is 0 Å². The van der Waals surface area contributed by atoms with Crippen LogP contribution in [0.25, 0.3) is 0 Å². The lowest BCUT2D eigenvalue weighted by atomic mass is 10.0. The minimum Gasteiger partial charge on any atom is -0.298 e. The van der Waals surface area contributed by atoms with E-state index in [9.17, 15) is 0 Å². The zero-order valence-corrected chi connectivity index (χ0v) is 8.84. The van der Waals surface area contributed by atoms with Crippen molar-refractivity contribution in [1.82, 2.24) is 4.90 Å². The van der Waals surface area contributed by atoms with E-state index >= 15 is 0 Å². The molecule has 0 amide bonds. The minimum absolute atomic E-state index is 0.734. The monoisotopic (exact) mass is 169 g/mol. The van der Waals surface area contributed by atoms with Gasteiger partial charge < -0.3 is 0 Å². The van der Waals surface area contributed by atoms with Crippen molar-refractivity contribution < 1.29 is 0 Å². The van der Waals surface area contributed by atoms with Crippen molar-refractivity contribution in [2.24, 2.45) is 0 Å². The van der Waals surface area contributed by atoms with Gasteiger partial charge in [0.05, 0.1) is 0 Å². The molecule has 1 heteroatoms. The summed E-state index contributed by atoms with van der Waals surface area (Å²) in [6, 6.07) is 1.54. The van der Waals surface area contributed by atoms with Gasteiger partial charge in [-0.1, -0.05) is 19.3 Å². The van der Waals surface area contributed by atoms with E-state index in [2.05, 4.69) is 25.7 Å². The summed E-state index contributed by atoms with van der Waals surface area (Å²) in [6.07, 6.45) is 7.14. The number of hydrogen-bond donors (Lipinski definition) is 0. The Bertz CT molecular complexity index is 120. The average molecular weight is 169 g/mol. The summed E-state index contributed by atoms with van der Waals surface area (Å²) in [4.78, 5) is 2.65. The van der Waals surface area contributed by atoms with E-state index in [0.29, 0.717) is 0 Å². The molecule has 0 spiro atoms. The molecule has 0 aromatic rings. The third kappa shape index (κ3) is 2.78. The van der Waals surface area contributed by atoms with Gasteiger partial charge in [-0.05, 0) is 40.2 Å². The van der Waals surface area contributed by atoms with Crippen LogP contribution in [0, 0.1) is 0 Å². The zero-order chi connectivity index (χ0) is 8.97. The summed E-state index contributed by atoms with van der Waals surface area (Å²) in [5.41, 5.74) is 0. The summed E-state index contributed by atoms with van der Waals surface area (Å²) >= 11 is 0. The lowest BCUT2D eigenvalue weighted by Crippen LogP contribution is -2.40. The molecule has 12 heavy (non-hydrogen) atoms. The van der Waals surface area contributed by atoms with Crippen LogP contribution in [0.5, 0.6) is 0 Å². The van der Waals surface area contributed by atoms with Gasteiger partial charge in [-0.25, -0.2) is 0 Å². The van der Waals surface area contributed by atoms with Crippen LogP contribution in [0.1, 0.15) is 52.9 Å². The van der Waals surface area contributed by atoms with Crippen LogP contribution in [-0.4, -0.2) is 23.5 Å². The molecule has 1 unspecified atom stereocenters. The van der Waals surface area contributed by atoms with Gasteiger partial charge in [0, 0.05) is 12.1 Å². The predicted octanol–water partition coefficient (Wildman–Crippen LogP) is 3.05. The molecule has 0 aliphatic carbocycles. The van der Waals surface area contributed by atoms with E-state index < -0.39 is 0 Å². The van der Waals surface area contributed by atoms with Crippen LogP contribution in [-0.2, 0) is 0 Å². The van der Waals surface area contributed by atoms with Gasteiger partial charge in [0.2, 0.25) is 0 Å². The highest BCUT2D eigenvalue weighted by molar-refractivity contribution is 4.73. The summed E-state index contributed by atoms with van der Waals surface area (Å²) in [7, 11) is 0. The first-order valence-electron chi connectivity index (χ1n) is 5.47. The second-order valence-corrected chi connectivity index (χ2v) is 4.38. The normalized spacial score (nSPS) is 28.5. The van der Waals surface area contributed by atoms with Gasteiger partial charge in [-0.2, -0.15) is 0 Å². The van der Waals surface area contributed by atoms with E-state index in [1.165, 1.54) is 38.6 Å². The molecule has 0 bridgehead atoms. The Morgan fingerprint density at radius 3 is 2.42 bits per heavy atom. The molecule has 1 fully saturated rings. The van der Waals surface area contributed by atoms with Gasteiger partial charge in [0.1, 0.15) is 0 Å². The highest BCUT2D eigenvalue weighted by atomic mass is 15.2. The fraction of sp³-hybridized carbons (Fsp3) is 1.00. The second-order valence-electron chi connectivity index (χ2n) is 4.38. The van der Waals surface area contributed by atoms with Crippen LogP contribution < -0.4 is 0 Å². The Morgan fingerprint density at radius 1 is 1.08 bits per heavy atom. The van der Waals surface area contributed by atoms with E-state index in [4.69, 9.17) is 0 Å². The molecule has 0 aromatic carbocycles. The SMILES string of the molecule is CC(C)N1CCCCCCC1C. The van der Waals surface area contributed by atoms with Crippen molar-refractivity contribution in [2.75, 3.05) is 6.54 Å². The maximum atomic E-state index is 2.65. The fourth-order valence-corrected chi connectivity index (χ4v) is 2.24. The molecule has 1 rings (SSSR count). The largest absolute Gasteiger partial charge is 0.298 e. The quantitative estimate of drug-likeness (QED) is 0.583. The molecule has 1 heterocycles. The minimum atomic E-state index is 0.734. The molecule has 1 nitrogen and oxygen atoms in total. The van der Waals surface area contributed by atoms with Crippen molar-refractivity contribution in [3.05, 3.63) is 0 Å². The maximum Gasteiger partial charge on any atom is 0.00696 e. The third-order valence-corrected chi connectivity index (χ3v) is 3.02. The Labute approximate surface area is 77.1 Å². The number of hydrogen-bond acceptors (Lipinski definition) is 1. The molecule has 1 saturated heterocycles. The second kappa shape index (κ2) is 4.86.